The molecule has 3 N–H and O–H groups in total. The third kappa shape index (κ3) is 7.01. The number of morpholine rings is 1. The maximum atomic E-state index is 12.4. The summed E-state index contributed by atoms with van der Waals surface area (Å²) in [6.45, 7) is 9.33. The predicted molar refractivity (Wildman–Crippen MR) is 108 cm³/mol. The summed E-state index contributed by atoms with van der Waals surface area (Å²) >= 11 is 0. The van der Waals surface area contributed by atoms with Gasteiger partial charge in [-0.1, -0.05) is 4.13 Å². The zero-order chi connectivity index (χ0) is 26.3. The van der Waals surface area contributed by atoms with Crippen LogP contribution in [0.25, 0.3) is 0 Å². The molecule has 0 amide bonds. The van der Waals surface area contributed by atoms with E-state index in [0.717, 1.165) is 26.3 Å². The number of alkyl halides is 3. The van der Waals surface area contributed by atoms with Gasteiger partial charge in [0.2, 0.25) is 5.79 Å². The van der Waals surface area contributed by atoms with E-state index in [1.54, 1.807) is 13.8 Å². The zero-order valence-electron chi connectivity index (χ0n) is 19.5. The van der Waals surface area contributed by atoms with Crippen molar-refractivity contribution in [3.63, 3.8) is 0 Å². The van der Waals surface area contributed by atoms with Gasteiger partial charge in [-0.2, -0.15) is 21.6 Å². The third-order valence-corrected chi connectivity index (χ3v) is 7.87. The van der Waals surface area contributed by atoms with Crippen LogP contribution in [0.4, 0.5) is 13.2 Å². The van der Waals surface area contributed by atoms with E-state index in [4.69, 9.17) is 28.4 Å². The molecule has 4 aliphatic heterocycles. The number of sulfonamides is 1. The number of halogens is 3. The Bertz CT molecular complexity index is 959. The highest BCUT2D eigenvalue weighted by Gasteiger charge is 2.66. The minimum atomic E-state index is -6.21. The monoisotopic (exact) mass is 559 g/mol. The van der Waals surface area contributed by atoms with Crippen molar-refractivity contribution in [3.05, 3.63) is 0 Å². The average Bonchev–Trinajstić information content (AvgIpc) is 3.18. The molecule has 4 atom stereocenters. The molecule has 4 aliphatic rings. The van der Waals surface area contributed by atoms with Crippen molar-refractivity contribution in [1.82, 2.24) is 4.13 Å². The smallest absolute Gasteiger partial charge is 0.370 e. The molecule has 13 nitrogen and oxygen atoms in total. The number of nitrogens with two attached hydrogens (primary N) is 1. The van der Waals surface area contributed by atoms with Gasteiger partial charge in [0.1, 0.15) is 24.9 Å². The molecular formula is C17H30F3N2O11S2+. The van der Waals surface area contributed by atoms with E-state index in [1.165, 1.54) is 13.8 Å². The van der Waals surface area contributed by atoms with Gasteiger partial charge in [0.15, 0.2) is 11.6 Å². The summed E-state index contributed by atoms with van der Waals surface area (Å²) in [5.41, 5.74) is -5.85. The Hall–Kier alpha value is -0.670. The lowest BCUT2D eigenvalue weighted by Gasteiger charge is -2.40. The first kappa shape index (κ1) is 28.9. The second-order valence-electron chi connectivity index (χ2n) is 9.03. The molecule has 4 heterocycles. The SMILES string of the molecule is C1COCC[NH2+]1.CC1(C)OC2[C@@H](CO[C@@]3(COS(=O)(=O)NS(=O)(=O)C(F)(F)F)OC(C)(C)O[C@@H]23)O1. The van der Waals surface area contributed by atoms with Gasteiger partial charge in [-0.15, -0.1) is 0 Å². The van der Waals surface area contributed by atoms with Crippen LogP contribution >= 0.6 is 0 Å². The summed E-state index contributed by atoms with van der Waals surface area (Å²) in [7, 11) is -11.6. The van der Waals surface area contributed by atoms with Crippen LogP contribution in [0.5, 0.6) is 0 Å². The third-order valence-electron chi connectivity index (χ3n) is 5.14. The fraction of sp³-hybridized carbons (Fsp3) is 1.00. The molecule has 0 aromatic heterocycles. The summed E-state index contributed by atoms with van der Waals surface area (Å²) in [4.78, 5) is 0. The van der Waals surface area contributed by atoms with Crippen LogP contribution in [0.3, 0.4) is 0 Å². The van der Waals surface area contributed by atoms with E-state index in [1.807, 2.05) is 0 Å². The van der Waals surface area contributed by atoms with Crippen LogP contribution in [0.2, 0.25) is 0 Å². The molecule has 0 saturated carbocycles. The van der Waals surface area contributed by atoms with Crippen molar-refractivity contribution in [2.75, 3.05) is 39.5 Å². The first-order chi connectivity index (χ1) is 15.9. The van der Waals surface area contributed by atoms with Gasteiger partial charge in [0.25, 0.3) is 0 Å². The van der Waals surface area contributed by atoms with E-state index >= 15 is 0 Å². The average molecular weight is 560 g/mol. The van der Waals surface area contributed by atoms with E-state index in [2.05, 4.69) is 9.50 Å². The number of ether oxygens (including phenoxy) is 6. The van der Waals surface area contributed by atoms with Gasteiger partial charge in [-0.3, -0.25) is 4.18 Å². The molecule has 4 fully saturated rings. The quantitative estimate of drug-likeness (QED) is 0.410. The molecule has 18 heteroatoms. The van der Waals surface area contributed by atoms with Crippen molar-refractivity contribution in [2.45, 2.75) is 68.9 Å². The Balaban J connectivity index is 0.000000497. The Morgan fingerprint density at radius 3 is 2.14 bits per heavy atom. The van der Waals surface area contributed by atoms with Crippen LogP contribution in [0.1, 0.15) is 27.7 Å². The highest BCUT2D eigenvalue weighted by atomic mass is 32.3. The number of hydrogen-bond acceptors (Lipinski definition) is 11. The van der Waals surface area contributed by atoms with Gasteiger partial charge >= 0.3 is 25.8 Å². The lowest BCUT2D eigenvalue weighted by molar-refractivity contribution is -0.670. The molecule has 4 saturated heterocycles. The molecule has 0 spiro atoms. The highest BCUT2D eigenvalue weighted by molar-refractivity contribution is 8.03. The normalized spacial score (nSPS) is 34.4. The summed E-state index contributed by atoms with van der Waals surface area (Å²) in [6.07, 6.45) is -2.42. The topological polar surface area (TPSA) is 162 Å². The van der Waals surface area contributed by atoms with E-state index in [9.17, 15) is 30.0 Å². The first-order valence-electron chi connectivity index (χ1n) is 10.6. The van der Waals surface area contributed by atoms with E-state index in [0.29, 0.717) is 4.13 Å². The number of fused-ring (bicyclic) bond motifs is 3. The predicted octanol–water partition coefficient (Wildman–Crippen LogP) is -1.33. The fourth-order valence-corrected chi connectivity index (χ4v) is 5.86. The summed E-state index contributed by atoms with van der Waals surface area (Å²) < 4.78 is 121. The van der Waals surface area contributed by atoms with Gasteiger partial charge in [-0.25, -0.2) is 8.42 Å². The van der Waals surface area contributed by atoms with Crippen LogP contribution in [-0.2, 0) is 52.9 Å². The Kier molecular flexibility index (Phi) is 8.17. The lowest BCUT2D eigenvalue weighted by atomic mass is 9.98. The van der Waals surface area contributed by atoms with Crippen LogP contribution in [-0.4, -0.2) is 97.5 Å². The van der Waals surface area contributed by atoms with Crippen molar-refractivity contribution >= 4 is 20.3 Å². The molecule has 206 valence electrons. The molecule has 35 heavy (non-hydrogen) atoms. The van der Waals surface area contributed by atoms with Crippen molar-refractivity contribution in [2.24, 2.45) is 0 Å². The minimum Gasteiger partial charge on any atom is -0.370 e. The second-order valence-corrected chi connectivity index (χ2v) is 12.3. The summed E-state index contributed by atoms with van der Waals surface area (Å²) in [5.74, 6) is -4.19. The number of nitrogens with one attached hydrogen (secondary N) is 1. The largest absolute Gasteiger partial charge is 0.512 e. The Morgan fingerprint density at radius 1 is 1.00 bits per heavy atom. The van der Waals surface area contributed by atoms with Gasteiger partial charge in [0, 0.05) is 0 Å². The van der Waals surface area contributed by atoms with E-state index < -0.39 is 68.1 Å². The Morgan fingerprint density at radius 2 is 1.63 bits per heavy atom. The zero-order valence-corrected chi connectivity index (χ0v) is 21.1. The molecular weight excluding hydrogens is 529 g/mol. The van der Waals surface area contributed by atoms with E-state index in [-0.39, 0.29) is 6.61 Å². The lowest BCUT2D eigenvalue weighted by Crippen LogP contribution is -2.87. The van der Waals surface area contributed by atoms with Gasteiger partial charge in [0.05, 0.1) is 32.9 Å². The van der Waals surface area contributed by atoms with Gasteiger partial charge in [-0.05, 0) is 27.7 Å². The van der Waals surface area contributed by atoms with Crippen LogP contribution in [0, 0.1) is 0 Å². The maximum absolute atomic E-state index is 12.4. The fourth-order valence-electron chi connectivity index (χ4n) is 3.89. The maximum Gasteiger partial charge on any atom is 0.512 e. The molecule has 0 radical (unpaired) electrons. The number of quaternary nitrogens is 1. The molecule has 0 aliphatic carbocycles. The van der Waals surface area contributed by atoms with Crippen LogP contribution < -0.4 is 9.44 Å². The van der Waals surface area contributed by atoms with Gasteiger partial charge < -0.3 is 33.7 Å². The second kappa shape index (κ2) is 9.90. The molecule has 0 bridgehead atoms. The highest BCUT2D eigenvalue weighted by Crippen LogP contribution is 2.47. The Labute approximate surface area is 201 Å². The minimum absolute atomic E-state index is 0.123. The van der Waals surface area contributed by atoms with Crippen molar-refractivity contribution in [3.8, 4) is 0 Å². The summed E-state index contributed by atoms with van der Waals surface area (Å²) in [6, 6.07) is 0. The standard InChI is InChI=1S/C13H20F3NO10S2.C4H9NO/c1-10(2)24-7-5-22-12(9(8(7)25-10)26-11(3,4)27-12)6-23-29(20,21)17-28(18,19)13(14,15)16;1-3-6-4-2-5-1/h7-9,17H,5-6H2,1-4H3;5H,1-4H2/p+1/t7-,8?,9+,12+;/m1./s1. The first-order valence-corrected chi connectivity index (χ1v) is 13.5. The number of hydrogen-bond donors (Lipinski definition) is 2. The molecule has 0 aromatic carbocycles. The molecule has 0 aromatic rings. The number of rotatable bonds is 5. The van der Waals surface area contributed by atoms with Crippen molar-refractivity contribution in [1.29, 1.82) is 0 Å². The van der Waals surface area contributed by atoms with Crippen molar-refractivity contribution < 1.29 is 67.9 Å². The van der Waals surface area contributed by atoms with Crippen LogP contribution in [0.15, 0.2) is 0 Å². The summed E-state index contributed by atoms with van der Waals surface area (Å²) in [5, 5.41) is 2.27. The molecule has 4 rings (SSSR count). The molecule has 1 unspecified atom stereocenters.